The molecule has 2 N–H and O–H groups in total. The molecule has 0 bridgehead atoms. The van der Waals surface area contributed by atoms with E-state index in [0.29, 0.717) is 0 Å². The lowest BCUT2D eigenvalue weighted by molar-refractivity contribution is -0.147. The molecule has 9 heteroatoms. The van der Waals surface area contributed by atoms with Crippen molar-refractivity contribution in [3.63, 3.8) is 0 Å². The van der Waals surface area contributed by atoms with Crippen molar-refractivity contribution in [2.24, 2.45) is 0 Å². The van der Waals surface area contributed by atoms with Crippen molar-refractivity contribution in [3.05, 3.63) is 29.3 Å². The number of benzene rings is 1. The molecule has 0 amide bonds. The molecule has 0 aliphatic heterocycles. The maximum atomic E-state index is 12.5. The molecule has 0 aliphatic rings. The Morgan fingerprint density at radius 1 is 1.33 bits per heavy atom. The van der Waals surface area contributed by atoms with Crippen LogP contribution in [0, 0.1) is 0 Å². The van der Waals surface area contributed by atoms with Crippen molar-refractivity contribution in [2.75, 3.05) is 0 Å². The molecule has 4 nitrogen and oxygen atoms in total. The minimum atomic E-state index is -4.65. The third kappa shape index (κ3) is 4.72. The number of aliphatic hydroxyl groups is 1. The number of carbonyl (C=O) groups excluding carboxylic acids is 1. The molecule has 0 saturated heterocycles. The summed E-state index contributed by atoms with van der Waals surface area (Å²) < 4.78 is 37.6. The third-order valence-electron chi connectivity index (χ3n) is 2.46. The first-order valence-electron chi connectivity index (χ1n) is 5.48. The first kappa shape index (κ1) is 18.0. The molecule has 116 valence electrons. The van der Waals surface area contributed by atoms with Crippen molar-refractivity contribution < 1.29 is 33.0 Å². The van der Waals surface area contributed by atoms with Crippen molar-refractivity contribution in [3.8, 4) is 0 Å². The number of hydrogen-bond donors (Lipinski definition) is 2. The number of halogens is 4. The molecular weight excluding hydrogens is 377 g/mol. The number of Topliss-reactive ketones (excluding diaryl/α,β-unsaturated/α-hetero) is 1. The van der Waals surface area contributed by atoms with Gasteiger partial charge in [-0.25, -0.2) is 4.79 Å². The maximum absolute atomic E-state index is 12.5. The van der Waals surface area contributed by atoms with Crippen LogP contribution in [-0.2, 0) is 9.59 Å². The topological polar surface area (TPSA) is 74.6 Å². The standard InChI is InChI=1S/C12H10BrF3O4S/c1-5(17)9(13)6-3-2-4-7(21-12(14,15)16)8(6)10(18)11(19)20/h2-4,9-10,18H,1H3,(H,19,20). The molecule has 1 aromatic rings. The number of rotatable bonds is 5. The van der Waals surface area contributed by atoms with Crippen LogP contribution >= 0.6 is 27.7 Å². The predicted molar refractivity (Wildman–Crippen MR) is 73.3 cm³/mol. The summed E-state index contributed by atoms with van der Waals surface area (Å²) in [5.74, 6) is -2.13. The number of alkyl halides is 4. The van der Waals surface area contributed by atoms with Gasteiger partial charge in [0.25, 0.3) is 0 Å². The summed E-state index contributed by atoms with van der Waals surface area (Å²) in [7, 11) is 0. The second-order valence-corrected chi connectivity index (χ2v) is 6.04. The van der Waals surface area contributed by atoms with E-state index >= 15 is 0 Å². The van der Waals surface area contributed by atoms with Crippen LogP contribution in [-0.4, -0.2) is 27.5 Å². The van der Waals surface area contributed by atoms with E-state index in [1.165, 1.54) is 19.1 Å². The zero-order valence-corrected chi connectivity index (χ0v) is 12.9. The summed E-state index contributed by atoms with van der Waals surface area (Å²) in [6.45, 7) is 1.19. The first-order valence-corrected chi connectivity index (χ1v) is 7.21. The molecule has 1 rings (SSSR count). The number of carbonyl (C=O) groups is 2. The van der Waals surface area contributed by atoms with Gasteiger partial charge in [-0.3, -0.25) is 4.79 Å². The number of ketones is 1. The van der Waals surface area contributed by atoms with Gasteiger partial charge < -0.3 is 10.2 Å². The van der Waals surface area contributed by atoms with Crippen LogP contribution in [0.1, 0.15) is 29.0 Å². The van der Waals surface area contributed by atoms with Crippen LogP contribution in [0.25, 0.3) is 0 Å². The smallest absolute Gasteiger partial charge is 0.446 e. The fourth-order valence-electron chi connectivity index (χ4n) is 1.63. The average Bonchev–Trinajstić information content (AvgIpc) is 2.34. The Balaban J connectivity index is 3.48. The van der Waals surface area contributed by atoms with Gasteiger partial charge in [0.15, 0.2) is 6.10 Å². The Kier molecular flexibility index (Phi) is 5.83. The number of hydrogen-bond acceptors (Lipinski definition) is 4. The molecule has 0 radical (unpaired) electrons. The van der Waals surface area contributed by atoms with Gasteiger partial charge in [-0.1, -0.05) is 28.1 Å². The van der Waals surface area contributed by atoms with E-state index < -0.39 is 50.4 Å². The van der Waals surface area contributed by atoms with Crippen LogP contribution in [0.15, 0.2) is 23.1 Å². The highest BCUT2D eigenvalue weighted by atomic mass is 79.9. The second kappa shape index (κ2) is 6.80. The Morgan fingerprint density at radius 2 is 1.90 bits per heavy atom. The highest BCUT2D eigenvalue weighted by molar-refractivity contribution is 9.09. The van der Waals surface area contributed by atoms with Crippen LogP contribution < -0.4 is 0 Å². The zero-order valence-electron chi connectivity index (χ0n) is 10.5. The van der Waals surface area contributed by atoms with E-state index in [2.05, 4.69) is 15.9 Å². The normalized spacial score (nSPS) is 14.6. The molecule has 0 fully saturated rings. The highest BCUT2D eigenvalue weighted by Gasteiger charge is 2.34. The van der Waals surface area contributed by atoms with E-state index in [1.807, 2.05) is 0 Å². The Hall–Kier alpha value is -1.06. The second-order valence-electron chi connectivity index (χ2n) is 4.02. The lowest BCUT2D eigenvalue weighted by Gasteiger charge is -2.19. The molecule has 21 heavy (non-hydrogen) atoms. The van der Waals surface area contributed by atoms with Gasteiger partial charge >= 0.3 is 11.5 Å². The molecule has 0 aliphatic carbocycles. The third-order valence-corrected chi connectivity index (χ3v) is 4.41. The number of carboxylic acid groups (broad SMARTS) is 1. The van der Waals surface area contributed by atoms with E-state index in [1.54, 1.807) is 0 Å². The Labute approximate surface area is 130 Å². The molecule has 0 heterocycles. The average molecular weight is 387 g/mol. The number of carboxylic acids is 1. The number of thioether (sulfide) groups is 1. The monoisotopic (exact) mass is 386 g/mol. The van der Waals surface area contributed by atoms with Gasteiger partial charge in [0.1, 0.15) is 5.78 Å². The van der Waals surface area contributed by atoms with Gasteiger partial charge in [-0.15, -0.1) is 0 Å². The van der Waals surface area contributed by atoms with Crippen molar-refractivity contribution in [1.82, 2.24) is 0 Å². The Bertz CT molecular complexity index is 562. The molecule has 0 saturated carbocycles. The van der Waals surface area contributed by atoms with Gasteiger partial charge in [-0.2, -0.15) is 13.2 Å². The van der Waals surface area contributed by atoms with Gasteiger partial charge in [0, 0.05) is 10.5 Å². The largest absolute Gasteiger partial charge is 0.479 e. The molecule has 2 atom stereocenters. The van der Waals surface area contributed by atoms with Crippen molar-refractivity contribution in [2.45, 2.75) is 28.3 Å². The fourth-order valence-corrected chi connectivity index (χ4v) is 2.77. The molecule has 2 unspecified atom stereocenters. The summed E-state index contributed by atoms with van der Waals surface area (Å²) in [6.07, 6.45) is -2.16. The minimum absolute atomic E-state index is 0.00773. The van der Waals surface area contributed by atoms with E-state index in [0.717, 1.165) is 6.07 Å². The summed E-state index contributed by atoms with van der Waals surface area (Å²) in [5, 5.41) is 18.5. The lowest BCUT2D eigenvalue weighted by Crippen LogP contribution is -2.17. The SMILES string of the molecule is CC(=O)C(Br)c1cccc(SC(F)(F)F)c1C(O)C(=O)O. The van der Waals surface area contributed by atoms with Crippen LogP contribution in [0.3, 0.4) is 0 Å². The van der Waals surface area contributed by atoms with Crippen LogP contribution in [0.2, 0.25) is 0 Å². The molecule has 0 aromatic heterocycles. The summed E-state index contributed by atoms with van der Waals surface area (Å²) in [6, 6.07) is 3.60. The Morgan fingerprint density at radius 3 is 2.33 bits per heavy atom. The summed E-state index contributed by atoms with van der Waals surface area (Å²) in [4.78, 5) is 20.8. The van der Waals surface area contributed by atoms with Gasteiger partial charge in [0.05, 0.1) is 4.83 Å². The van der Waals surface area contributed by atoms with Gasteiger partial charge in [-0.05, 0) is 30.3 Å². The fraction of sp³-hybridized carbons (Fsp3) is 0.333. The summed E-state index contributed by atoms with van der Waals surface area (Å²) >= 11 is 2.45. The number of aliphatic hydroxyl groups excluding tert-OH is 1. The lowest BCUT2D eigenvalue weighted by atomic mass is 9.98. The number of aliphatic carboxylic acids is 1. The van der Waals surface area contributed by atoms with Crippen molar-refractivity contribution >= 4 is 39.4 Å². The first-order chi connectivity index (χ1) is 9.54. The van der Waals surface area contributed by atoms with Gasteiger partial charge in [0.2, 0.25) is 0 Å². The maximum Gasteiger partial charge on any atom is 0.446 e. The molecular formula is C12H10BrF3O4S. The summed E-state index contributed by atoms with van der Waals surface area (Å²) in [5.41, 5.74) is -5.10. The quantitative estimate of drug-likeness (QED) is 0.598. The predicted octanol–water partition coefficient (Wildman–Crippen LogP) is 3.44. The van der Waals surface area contributed by atoms with Crippen molar-refractivity contribution in [1.29, 1.82) is 0 Å². The van der Waals surface area contributed by atoms with E-state index in [-0.39, 0.29) is 5.56 Å². The molecule has 1 aromatic carbocycles. The zero-order chi connectivity index (χ0) is 16.4. The van der Waals surface area contributed by atoms with E-state index in [4.69, 9.17) is 5.11 Å². The molecule has 0 spiro atoms. The van der Waals surface area contributed by atoms with Crippen LogP contribution in [0.5, 0.6) is 0 Å². The highest BCUT2D eigenvalue weighted by Crippen LogP contribution is 2.43. The van der Waals surface area contributed by atoms with Crippen LogP contribution in [0.4, 0.5) is 13.2 Å². The van der Waals surface area contributed by atoms with E-state index in [9.17, 15) is 27.9 Å². The minimum Gasteiger partial charge on any atom is -0.479 e.